The summed E-state index contributed by atoms with van der Waals surface area (Å²) in [5.74, 6) is 0.837. The molecule has 2 aromatic carbocycles. The van der Waals surface area contributed by atoms with Crippen LogP contribution >= 0.6 is 0 Å². The summed E-state index contributed by atoms with van der Waals surface area (Å²) in [6, 6.07) is 12.9. The molecule has 3 heteroatoms. The number of halogens is 1. The van der Waals surface area contributed by atoms with E-state index in [0.29, 0.717) is 0 Å². The second-order valence-electron chi connectivity index (χ2n) is 4.65. The lowest BCUT2D eigenvalue weighted by Gasteiger charge is -2.26. The Morgan fingerprint density at radius 1 is 1.21 bits per heavy atom. The standard InChI is InChI=1S/C16H15FO2/c1-18-16-10-12(6-8-13(16)17)15-9-7-11-4-2-3-5-14(11)19-15/h2-6,8,10,15H,7,9H2,1H3. The van der Waals surface area contributed by atoms with E-state index in [1.165, 1.54) is 18.7 Å². The van der Waals surface area contributed by atoms with E-state index in [2.05, 4.69) is 6.07 Å². The Morgan fingerprint density at radius 2 is 2.05 bits per heavy atom. The largest absolute Gasteiger partial charge is 0.494 e. The molecule has 19 heavy (non-hydrogen) atoms. The molecule has 0 aromatic heterocycles. The maximum Gasteiger partial charge on any atom is 0.165 e. The molecule has 0 N–H and O–H groups in total. The lowest BCUT2D eigenvalue weighted by molar-refractivity contribution is 0.176. The first-order chi connectivity index (χ1) is 9.28. The highest BCUT2D eigenvalue weighted by atomic mass is 19.1. The minimum atomic E-state index is -0.345. The van der Waals surface area contributed by atoms with E-state index >= 15 is 0 Å². The second kappa shape index (κ2) is 4.92. The number of hydrogen-bond donors (Lipinski definition) is 0. The molecule has 0 saturated heterocycles. The molecule has 1 aliphatic heterocycles. The molecule has 2 nitrogen and oxygen atoms in total. The molecule has 0 saturated carbocycles. The molecule has 1 heterocycles. The maximum absolute atomic E-state index is 13.4. The van der Waals surface area contributed by atoms with Gasteiger partial charge in [0.1, 0.15) is 11.9 Å². The van der Waals surface area contributed by atoms with E-state index in [-0.39, 0.29) is 17.7 Å². The molecule has 3 rings (SSSR count). The number of methoxy groups -OCH3 is 1. The topological polar surface area (TPSA) is 18.5 Å². The predicted molar refractivity (Wildman–Crippen MR) is 71.1 cm³/mol. The summed E-state index contributed by atoms with van der Waals surface area (Å²) < 4.78 is 24.4. The normalized spacial score (nSPS) is 17.5. The van der Waals surface area contributed by atoms with Crippen molar-refractivity contribution in [1.82, 2.24) is 0 Å². The van der Waals surface area contributed by atoms with Crippen molar-refractivity contribution >= 4 is 0 Å². The van der Waals surface area contributed by atoms with Crippen LogP contribution < -0.4 is 9.47 Å². The van der Waals surface area contributed by atoms with Crippen LogP contribution in [0, 0.1) is 5.82 Å². The fourth-order valence-corrected chi connectivity index (χ4v) is 2.44. The highest BCUT2D eigenvalue weighted by Crippen LogP contribution is 2.35. The van der Waals surface area contributed by atoms with Gasteiger partial charge in [0.2, 0.25) is 0 Å². The average Bonchev–Trinajstić information content (AvgIpc) is 2.47. The van der Waals surface area contributed by atoms with Crippen LogP contribution in [0.5, 0.6) is 11.5 Å². The fraction of sp³-hybridized carbons (Fsp3) is 0.250. The molecular formula is C16H15FO2. The first kappa shape index (κ1) is 12.0. The number of para-hydroxylation sites is 1. The third kappa shape index (κ3) is 2.28. The number of fused-ring (bicyclic) bond motifs is 1. The summed E-state index contributed by atoms with van der Waals surface area (Å²) >= 11 is 0. The fourth-order valence-electron chi connectivity index (χ4n) is 2.44. The predicted octanol–water partition coefficient (Wildman–Crippen LogP) is 3.90. The zero-order chi connectivity index (χ0) is 13.2. The van der Waals surface area contributed by atoms with Crippen LogP contribution in [0.1, 0.15) is 23.7 Å². The van der Waals surface area contributed by atoms with Gasteiger partial charge in [0, 0.05) is 0 Å². The summed E-state index contributed by atoms with van der Waals surface area (Å²) in [4.78, 5) is 0. The van der Waals surface area contributed by atoms with Gasteiger partial charge in [0.25, 0.3) is 0 Å². The van der Waals surface area contributed by atoms with Gasteiger partial charge < -0.3 is 9.47 Å². The van der Waals surface area contributed by atoms with Gasteiger partial charge in [-0.1, -0.05) is 24.3 Å². The van der Waals surface area contributed by atoms with Crippen molar-refractivity contribution < 1.29 is 13.9 Å². The number of aryl methyl sites for hydroxylation is 1. The molecule has 1 unspecified atom stereocenters. The number of hydrogen-bond acceptors (Lipinski definition) is 2. The molecule has 0 amide bonds. The first-order valence-corrected chi connectivity index (χ1v) is 6.36. The Bertz CT molecular complexity index is 595. The third-order valence-corrected chi connectivity index (χ3v) is 3.46. The first-order valence-electron chi connectivity index (χ1n) is 6.36. The van der Waals surface area contributed by atoms with E-state index < -0.39 is 0 Å². The Hall–Kier alpha value is -2.03. The number of rotatable bonds is 2. The van der Waals surface area contributed by atoms with Gasteiger partial charge in [0.05, 0.1) is 7.11 Å². The lowest BCUT2D eigenvalue weighted by atomic mass is 9.97. The highest BCUT2D eigenvalue weighted by Gasteiger charge is 2.21. The minimum Gasteiger partial charge on any atom is -0.494 e. The van der Waals surface area contributed by atoms with Crippen LogP contribution in [0.15, 0.2) is 42.5 Å². The van der Waals surface area contributed by atoms with E-state index in [4.69, 9.17) is 9.47 Å². The summed E-state index contributed by atoms with van der Waals surface area (Å²) in [6.45, 7) is 0. The van der Waals surface area contributed by atoms with Gasteiger partial charge in [-0.15, -0.1) is 0 Å². The zero-order valence-electron chi connectivity index (χ0n) is 10.7. The Morgan fingerprint density at radius 3 is 2.89 bits per heavy atom. The van der Waals surface area contributed by atoms with Crippen LogP contribution in [-0.4, -0.2) is 7.11 Å². The quantitative estimate of drug-likeness (QED) is 0.813. The maximum atomic E-state index is 13.4. The van der Waals surface area contributed by atoms with E-state index in [0.717, 1.165) is 24.2 Å². The molecule has 2 aromatic rings. The van der Waals surface area contributed by atoms with Gasteiger partial charge in [-0.25, -0.2) is 4.39 Å². The zero-order valence-corrected chi connectivity index (χ0v) is 10.7. The molecule has 98 valence electrons. The smallest absolute Gasteiger partial charge is 0.165 e. The van der Waals surface area contributed by atoms with Crippen molar-refractivity contribution in [3.05, 3.63) is 59.4 Å². The SMILES string of the molecule is COc1cc(C2CCc3ccccc3O2)ccc1F. The summed E-state index contributed by atoms with van der Waals surface area (Å²) in [6.07, 6.45) is 1.83. The van der Waals surface area contributed by atoms with Gasteiger partial charge in [-0.2, -0.15) is 0 Å². The van der Waals surface area contributed by atoms with Crippen molar-refractivity contribution in [2.45, 2.75) is 18.9 Å². The molecule has 0 aliphatic carbocycles. The van der Waals surface area contributed by atoms with Gasteiger partial charge in [-0.05, 0) is 42.2 Å². The van der Waals surface area contributed by atoms with Crippen LogP contribution in [0.4, 0.5) is 4.39 Å². The molecule has 1 aliphatic rings. The van der Waals surface area contributed by atoms with Crippen LogP contribution in [0.3, 0.4) is 0 Å². The van der Waals surface area contributed by atoms with Crippen molar-refractivity contribution in [1.29, 1.82) is 0 Å². The molecule has 1 atom stereocenters. The molecule has 0 bridgehead atoms. The van der Waals surface area contributed by atoms with Crippen molar-refractivity contribution in [3.63, 3.8) is 0 Å². The van der Waals surface area contributed by atoms with E-state index in [9.17, 15) is 4.39 Å². The average molecular weight is 258 g/mol. The molecule has 0 fully saturated rings. The monoisotopic (exact) mass is 258 g/mol. The lowest BCUT2D eigenvalue weighted by Crippen LogP contribution is -2.15. The van der Waals surface area contributed by atoms with Crippen LogP contribution in [0.25, 0.3) is 0 Å². The van der Waals surface area contributed by atoms with Crippen molar-refractivity contribution in [2.24, 2.45) is 0 Å². The molecular weight excluding hydrogens is 243 g/mol. The van der Waals surface area contributed by atoms with Gasteiger partial charge >= 0.3 is 0 Å². The van der Waals surface area contributed by atoms with E-state index in [1.807, 2.05) is 18.2 Å². The Labute approximate surface area is 111 Å². The van der Waals surface area contributed by atoms with Crippen molar-refractivity contribution in [3.8, 4) is 11.5 Å². The molecule has 0 radical (unpaired) electrons. The van der Waals surface area contributed by atoms with Gasteiger partial charge in [-0.3, -0.25) is 0 Å². The van der Waals surface area contributed by atoms with Crippen molar-refractivity contribution in [2.75, 3.05) is 7.11 Å². The molecule has 0 spiro atoms. The summed E-state index contributed by atoms with van der Waals surface area (Å²) in [5.41, 5.74) is 2.18. The number of benzene rings is 2. The third-order valence-electron chi connectivity index (χ3n) is 3.46. The van der Waals surface area contributed by atoms with E-state index in [1.54, 1.807) is 12.1 Å². The highest BCUT2D eigenvalue weighted by molar-refractivity contribution is 5.38. The summed E-state index contributed by atoms with van der Waals surface area (Å²) in [7, 11) is 1.47. The summed E-state index contributed by atoms with van der Waals surface area (Å²) in [5, 5.41) is 0. The van der Waals surface area contributed by atoms with Crippen LogP contribution in [-0.2, 0) is 6.42 Å². The van der Waals surface area contributed by atoms with Crippen LogP contribution in [0.2, 0.25) is 0 Å². The second-order valence-corrected chi connectivity index (χ2v) is 4.65. The number of ether oxygens (including phenoxy) is 2. The van der Waals surface area contributed by atoms with Gasteiger partial charge in [0.15, 0.2) is 11.6 Å². The Kier molecular flexibility index (Phi) is 3.11. The minimum absolute atomic E-state index is 0.0376. The Balaban J connectivity index is 1.89.